The minimum atomic E-state index is -3.10. The first-order chi connectivity index (χ1) is 7.79. The van der Waals surface area contributed by atoms with Crippen molar-refractivity contribution in [2.24, 2.45) is 11.8 Å². The zero-order valence-corrected chi connectivity index (χ0v) is 11.6. The number of carbonyl (C=O) groups excluding carboxylic acids is 1. The van der Waals surface area contributed by atoms with E-state index >= 15 is 0 Å². The first-order valence-corrected chi connectivity index (χ1v) is 7.85. The third-order valence-corrected chi connectivity index (χ3v) is 4.17. The van der Waals surface area contributed by atoms with Gasteiger partial charge in [-0.1, -0.05) is 13.8 Å². The van der Waals surface area contributed by atoms with Gasteiger partial charge in [0.15, 0.2) is 0 Å². The first-order valence-electron chi connectivity index (χ1n) is 6.01. The highest BCUT2D eigenvalue weighted by Crippen LogP contribution is 2.21. The molecule has 1 N–H and O–H groups in total. The van der Waals surface area contributed by atoms with Crippen LogP contribution in [0.1, 0.15) is 26.7 Å². The Morgan fingerprint density at radius 3 is 2.59 bits per heavy atom. The molecule has 1 heterocycles. The van der Waals surface area contributed by atoms with Crippen molar-refractivity contribution in [2.45, 2.75) is 26.7 Å². The van der Waals surface area contributed by atoms with Crippen molar-refractivity contribution in [3.05, 3.63) is 0 Å². The zero-order valence-electron chi connectivity index (χ0n) is 10.8. The third-order valence-electron chi connectivity index (χ3n) is 2.90. The fourth-order valence-corrected chi connectivity index (χ4v) is 2.84. The van der Waals surface area contributed by atoms with E-state index in [2.05, 4.69) is 5.32 Å². The van der Waals surface area contributed by atoms with Crippen LogP contribution in [0.5, 0.6) is 0 Å². The van der Waals surface area contributed by atoms with E-state index < -0.39 is 10.0 Å². The Morgan fingerprint density at radius 1 is 1.47 bits per heavy atom. The van der Waals surface area contributed by atoms with Crippen LogP contribution in [0.25, 0.3) is 0 Å². The van der Waals surface area contributed by atoms with Crippen molar-refractivity contribution in [2.75, 3.05) is 25.9 Å². The Morgan fingerprint density at radius 2 is 2.12 bits per heavy atom. The Balaban J connectivity index is 2.33. The molecule has 0 spiro atoms. The summed E-state index contributed by atoms with van der Waals surface area (Å²) in [6.07, 6.45) is 2.43. The van der Waals surface area contributed by atoms with Gasteiger partial charge in [-0.2, -0.15) is 0 Å². The lowest BCUT2D eigenvalue weighted by molar-refractivity contribution is -0.122. The van der Waals surface area contributed by atoms with Crippen molar-refractivity contribution in [1.29, 1.82) is 0 Å². The van der Waals surface area contributed by atoms with Crippen molar-refractivity contribution in [1.82, 2.24) is 9.62 Å². The van der Waals surface area contributed by atoms with Crippen LogP contribution in [0.4, 0.5) is 0 Å². The molecule has 0 aliphatic carbocycles. The molecular formula is C11H22N2O3S. The van der Waals surface area contributed by atoms with Crippen LogP contribution in [-0.2, 0) is 14.8 Å². The summed E-state index contributed by atoms with van der Waals surface area (Å²) in [6.45, 7) is 5.79. The Labute approximate surface area is 104 Å². The summed E-state index contributed by atoms with van der Waals surface area (Å²) < 4.78 is 24.1. The SMILES string of the molecule is CC(C)CNC(=O)CC1CCN(S(C)(=O)=O)C1. The van der Waals surface area contributed by atoms with Crippen LogP contribution in [0.3, 0.4) is 0 Å². The topological polar surface area (TPSA) is 66.5 Å². The van der Waals surface area contributed by atoms with E-state index in [1.54, 1.807) is 0 Å². The average Bonchev–Trinajstić information content (AvgIpc) is 2.62. The summed E-state index contributed by atoms with van der Waals surface area (Å²) in [5.41, 5.74) is 0. The lowest BCUT2D eigenvalue weighted by Crippen LogP contribution is -2.31. The molecule has 1 atom stereocenters. The average molecular weight is 262 g/mol. The molecule has 0 aromatic carbocycles. The largest absolute Gasteiger partial charge is 0.356 e. The molecule has 1 saturated heterocycles. The second-order valence-electron chi connectivity index (χ2n) is 5.18. The van der Waals surface area contributed by atoms with E-state index in [1.807, 2.05) is 13.8 Å². The number of nitrogens with one attached hydrogen (secondary N) is 1. The normalized spacial score (nSPS) is 22.0. The monoisotopic (exact) mass is 262 g/mol. The van der Waals surface area contributed by atoms with Gasteiger partial charge in [0.1, 0.15) is 0 Å². The minimum absolute atomic E-state index is 0.0269. The summed E-state index contributed by atoms with van der Waals surface area (Å²) in [5, 5.41) is 2.86. The fraction of sp³-hybridized carbons (Fsp3) is 0.909. The van der Waals surface area contributed by atoms with Crippen LogP contribution >= 0.6 is 0 Å². The van der Waals surface area contributed by atoms with Crippen molar-refractivity contribution >= 4 is 15.9 Å². The third kappa shape index (κ3) is 5.04. The second kappa shape index (κ2) is 5.82. The highest BCUT2D eigenvalue weighted by molar-refractivity contribution is 7.88. The van der Waals surface area contributed by atoms with Gasteiger partial charge < -0.3 is 5.32 Å². The molecule has 1 amide bonds. The Bertz CT molecular complexity index is 365. The predicted molar refractivity (Wildman–Crippen MR) is 67.0 cm³/mol. The highest BCUT2D eigenvalue weighted by Gasteiger charge is 2.29. The molecule has 1 unspecified atom stereocenters. The molecule has 1 rings (SSSR count). The Hall–Kier alpha value is -0.620. The smallest absolute Gasteiger partial charge is 0.220 e. The van der Waals surface area contributed by atoms with E-state index in [9.17, 15) is 13.2 Å². The van der Waals surface area contributed by atoms with Crippen LogP contribution in [0, 0.1) is 11.8 Å². The minimum Gasteiger partial charge on any atom is -0.356 e. The summed E-state index contributed by atoms with van der Waals surface area (Å²) >= 11 is 0. The van der Waals surface area contributed by atoms with Gasteiger partial charge >= 0.3 is 0 Å². The van der Waals surface area contributed by atoms with Crippen molar-refractivity contribution < 1.29 is 13.2 Å². The number of rotatable bonds is 5. The van der Waals surface area contributed by atoms with E-state index in [0.29, 0.717) is 32.0 Å². The standard InChI is InChI=1S/C11H22N2O3S/c1-9(2)7-12-11(14)6-10-4-5-13(8-10)17(3,15)16/h9-10H,4-8H2,1-3H3,(H,12,14). The van der Waals surface area contributed by atoms with Gasteiger partial charge in [-0.25, -0.2) is 12.7 Å². The van der Waals surface area contributed by atoms with Gasteiger partial charge in [0, 0.05) is 26.1 Å². The van der Waals surface area contributed by atoms with Crippen molar-refractivity contribution in [3.8, 4) is 0 Å². The predicted octanol–water partition coefficient (Wildman–Crippen LogP) is 0.430. The van der Waals surface area contributed by atoms with E-state index in [0.717, 1.165) is 6.42 Å². The molecular weight excluding hydrogens is 240 g/mol. The molecule has 0 aromatic rings. The van der Waals surface area contributed by atoms with Crippen LogP contribution in [0.2, 0.25) is 0 Å². The molecule has 1 aliphatic heterocycles. The maximum absolute atomic E-state index is 11.6. The number of hydrogen-bond donors (Lipinski definition) is 1. The molecule has 6 heteroatoms. The Kier molecular flexibility index (Phi) is 4.94. The van der Waals surface area contributed by atoms with E-state index in [-0.39, 0.29) is 11.8 Å². The number of carbonyl (C=O) groups is 1. The molecule has 0 saturated carbocycles. The molecule has 0 bridgehead atoms. The zero-order chi connectivity index (χ0) is 13.1. The van der Waals surface area contributed by atoms with Gasteiger partial charge in [0.2, 0.25) is 15.9 Å². The maximum Gasteiger partial charge on any atom is 0.220 e. The number of hydrogen-bond acceptors (Lipinski definition) is 3. The van der Waals surface area contributed by atoms with Crippen LogP contribution < -0.4 is 5.32 Å². The number of amides is 1. The van der Waals surface area contributed by atoms with Gasteiger partial charge in [0.25, 0.3) is 0 Å². The van der Waals surface area contributed by atoms with Gasteiger partial charge in [-0.05, 0) is 18.3 Å². The second-order valence-corrected chi connectivity index (χ2v) is 7.16. The summed E-state index contributed by atoms with van der Waals surface area (Å²) in [6, 6.07) is 0. The lowest BCUT2D eigenvalue weighted by Gasteiger charge is -2.13. The number of sulfonamides is 1. The molecule has 1 fully saturated rings. The molecule has 0 radical (unpaired) electrons. The van der Waals surface area contributed by atoms with E-state index in [4.69, 9.17) is 0 Å². The molecule has 5 nitrogen and oxygen atoms in total. The van der Waals surface area contributed by atoms with Gasteiger partial charge in [-0.3, -0.25) is 4.79 Å². The molecule has 1 aliphatic rings. The lowest BCUT2D eigenvalue weighted by atomic mass is 10.0. The number of nitrogens with zero attached hydrogens (tertiary/aromatic N) is 1. The fourth-order valence-electron chi connectivity index (χ4n) is 1.92. The van der Waals surface area contributed by atoms with Crippen LogP contribution in [0.15, 0.2) is 0 Å². The molecule has 17 heavy (non-hydrogen) atoms. The van der Waals surface area contributed by atoms with Crippen molar-refractivity contribution in [3.63, 3.8) is 0 Å². The molecule has 100 valence electrons. The quantitative estimate of drug-likeness (QED) is 0.781. The van der Waals surface area contributed by atoms with E-state index in [1.165, 1.54) is 10.6 Å². The van der Waals surface area contributed by atoms with Gasteiger partial charge in [0.05, 0.1) is 6.26 Å². The van der Waals surface area contributed by atoms with Crippen LogP contribution in [-0.4, -0.2) is 44.5 Å². The first kappa shape index (κ1) is 14.4. The summed E-state index contributed by atoms with van der Waals surface area (Å²) in [5.74, 6) is 0.631. The summed E-state index contributed by atoms with van der Waals surface area (Å²) in [4.78, 5) is 11.6. The summed E-state index contributed by atoms with van der Waals surface area (Å²) in [7, 11) is -3.10. The highest BCUT2D eigenvalue weighted by atomic mass is 32.2. The molecule has 0 aromatic heterocycles. The maximum atomic E-state index is 11.6. The van der Waals surface area contributed by atoms with Gasteiger partial charge in [-0.15, -0.1) is 0 Å².